The van der Waals surface area contributed by atoms with Crippen LogP contribution in [0.2, 0.25) is 0 Å². The summed E-state index contributed by atoms with van der Waals surface area (Å²) in [5, 5.41) is 0. The van der Waals surface area contributed by atoms with E-state index in [1.54, 1.807) is 11.4 Å². The van der Waals surface area contributed by atoms with Crippen LogP contribution in [-0.4, -0.2) is 46.0 Å². The molecule has 2 aromatic carbocycles. The third-order valence-corrected chi connectivity index (χ3v) is 7.53. The molecule has 4 rings (SSSR count). The van der Waals surface area contributed by atoms with Crippen molar-refractivity contribution in [3.05, 3.63) is 53.6 Å². The van der Waals surface area contributed by atoms with E-state index in [1.807, 2.05) is 30.3 Å². The Morgan fingerprint density at radius 3 is 2.15 bits per heavy atom. The van der Waals surface area contributed by atoms with Crippen LogP contribution in [0.3, 0.4) is 0 Å². The Hall–Kier alpha value is -2.05. The van der Waals surface area contributed by atoms with Crippen molar-refractivity contribution >= 4 is 15.7 Å². The van der Waals surface area contributed by atoms with Gasteiger partial charge < -0.3 is 9.64 Å². The molecule has 2 aromatic rings. The smallest absolute Gasteiger partial charge is 0.246 e. The normalized spacial score (nSPS) is 18.2. The highest BCUT2D eigenvalue weighted by Gasteiger charge is 2.32. The average Bonchev–Trinajstić information content (AvgIpc) is 2.73. The van der Waals surface area contributed by atoms with Gasteiger partial charge in [-0.05, 0) is 61.1 Å². The first-order valence-electron chi connectivity index (χ1n) is 9.59. The number of hydrogen-bond acceptors (Lipinski definition) is 4. The third-order valence-electron chi connectivity index (χ3n) is 5.61. The van der Waals surface area contributed by atoms with Crippen molar-refractivity contribution in [2.45, 2.75) is 30.6 Å². The van der Waals surface area contributed by atoms with Gasteiger partial charge in [-0.25, -0.2) is 8.42 Å². The molecule has 0 aromatic heterocycles. The standard InChI is InChI=1S/C21H26N2O3S/c1-26-20-15-17-7-5-6-8-18(17)16-21(20)27(24,25)23-13-11-22(12-14-23)19-9-3-2-4-10-19/h2-4,9-10,15-16H,5-8,11-14H2,1H3. The van der Waals surface area contributed by atoms with E-state index < -0.39 is 10.0 Å². The number of benzene rings is 2. The van der Waals surface area contributed by atoms with Crippen molar-refractivity contribution in [3.8, 4) is 5.75 Å². The first-order valence-corrected chi connectivity index (χ1v) is 11.0. The zero-order valence-electron chi connectivity index (χ0n) is 15.7. The molecule has 0 bridgehead atoms. The second-order valence-corrected chi connectivity index (χ2v) is 9.11. The predicted molar refractivity (Wildman–Crippen MR) is 107 cm³/mol. The second-order valence-electron chi connectivity index (χ2n) is 7.21. The van der Waals surface area contributed by atoms with Crippen LogP contribution in [-0.2, 0) is 22.9 Å². The Kier molecular flexibility index (Phi) is 5.10. The van der Waals surface area contributed by atoms with E-state index in [-0.39, 0.29) is 0 Å². The van der Waals surface area contributed by atoms with Crippen molar-refractivity contribution in [1.82, 2.24) is 4.31 Å². The van der Waals surface area contributed by atoms with E-state index >= 15 is 0 Å². The Balaban J connectivity index is 1.57. The molecule has 1 fully saturated rings. The zero-order valence-corrected chi connectivity index (χ0v) is 16.5. The van der Waals surface area contributed by atoms with E-state index in [0.717, 1.165) is 36.9 Å². The molecule has 1 heterocycles. The first-order chi connectivity index (χ1) is 13.1. The fourth-order valence-corrected chi connectivity index (χ4v) is 5.68. The largest absolute Gasteiger partial charge is 0.495 e. The van der Waals surface area contributed by atoms with Crippen LogP contribution in [0.15, 0.2) is 47.4 Å². The maximum absolute atomic E-state index is 13.3. The van der Waals surface area contributed by atoms with Crippen molar-refractivity contribution in [2.75, 3.05) is 38.2 Å². The lowest BCUT2D eigenvalue weighted by molar-refractivity contribution is 0.373. The van der Waals surface area contributed by atoms with Crippen molar-refractivity contribution in [1.29, 1.82) is 0 Å². The molecule has 0 N–H and O–H groups in total. The Labute approximate surface area is 161 Å². The van der Waals surface area contributed by atoms with E-state index in [2.05, 4.69) is 17.0 Å². The topological polar surface area (TPSA) is 49.9 Å². The SMILES string of the molecule is COc1cc2c(cc1S(=O)(=O)N1CCN(c3ccccc3)CC1)CCCC2. The minimum Gasteiger partial charge on any atom is -0.495 e. The lowest BCUT2D eigenvalue weighted by Gasteiger charge is -2.35. The summed E-state index contributed by atoms with van der Waals surface area (Å²) in [6.07, 6.45) is 4.23. The number of anilines is 1. The second kappa shape index (κ2) is 7.52. The molecule has 0 unspecified atom stereocenters. The molecule has 27 heavy (non-hydrogen) atoms. The number of sulfonamides is 1. The van der Waals surface area contributed by atoms with Gasteiger partial charge in [-0.1, -0.05) is 18.2 Å². The molecule has 1 aliphatic carbocycles. The zero-order chi connectivity index (χ0) is 18.9. The van der Waals surface area contributed by atoms with Crippen LogP contribution in [0.5, 0.6) is 5.75 Å². The maximum Gasteiger partial charge on any atom is 0.246 e. The lowest BCUT2D eigenvalue weighted by Crippen LogP contribution is -2.48. The number of piperazine rings is 1. The van der Waals surface area contributed by atoms with Crippen LogP contribution in [0.1, 0.15) is 24.0 Å². The number of rotatable bonds is 4. The molecule has 0 atom stereocenters. The quantitative estimate of drug-likeness (QED) is 0.810. The summed E-state index contributed by atoms with van der Waals surface area (Å²) in [5.74, 6) is 0.473. The first kappa shape index (κ1) is 18.3. The highest BCUT2D eigenvalue weighted by Crippen LogP contribution is 2.34. The molecule has 0 radical (unpaired) electrons. The molecule has 0 spiro atoms. The Morgan fingerprint density at radius 2 is 1.52 bits per heavy atom. The van der Waals surface area contributed by atoms with Gasteiger partial charge in [0.15, 0.2) is 0 Å². The van der Waals surface area contributed by atoms with Crippen LogP contribution in [0, 0.1) is 0 Å². The lowest BCUT2D eigenvalue weighted by atomic mass is 9.92. The highest BCUT2D eigenvalue weighted by atomic mass is 32.2. The molecular weight excluding hydrogens is 360 g/mol. The third kappa shape index (κ3) is 3.56. The summed E-state index contributed by atoms with van der Waals surface area (Å²) in [6, 6.07) is 13.9. The number of fused-ring (bicyclic) bond motifs is 1. The van der Waals surface area contributed by atoms with Gasteiger partial charge in [0, 0.05) is 31.9 Å². The van der Waals surface area contributed by atoms with Crippen molar-refractivity contribution in [2.24, 2.45) is 0 Å². The fraction of sp³-hybridized carbons (Fsp3) is 0.429. The van der Waals surface area contributed by atoms with Gasteiger partial charge in [0.1, 0.15) is 10.6 Å². The van der Waals surface area contributed by atoms with Gasteiger partial charge in [0.2, 0.25) is 10.0 Å². The van der Waals surface area contributed by atoms with Gasteiger partial charge in [0.05, 0.1) is 7.11 Å². The van der Waals surface area contributed by atoms with Gasteiger partial charge >= 0.3 is 0 Å². The minimum atomic E-state index is -3.56. The number of aryl methyl sites for hydroxylation is 2. The van der Waals surface area contributed by atoms with Crippen LogP contribution in [0.25, 0.3) is 0 Å². The average molecular weight is 387 g/mol. The molecule has 1 aliphatic heterocycles. The molecule has 1 saturated heterocycles. The maximum atomic E-state index is 13.3. The van der Waals surface area contributed by atoms with Crippen LogP contribution < -0.4 is 9.64 Å². The number of methoxy groups -OCH3 is 1. The van der Waals surface area contributed by atoms with Crippen molar-refractivity contribution < 1.29 is 13.2 Å². The number of nitrogens with zero attached hydrogens (tertiary/aromatic N) is 2. The fourth-order valence-electron chi connectivity index (χ4n) is 4.07. The molecule has 5 nitrogen and oxygen atoms in total. The summed E-state index contributed by atoms with van der Waals surface area (Å²) in [7, 11) is -2.01. The van der Waals surface area contributed by atoms with Gasteiger partial charge in [0.25, 0.3) is 0 Å². The van der Waals surface area contributed by atoms with Gasteiger partial charge in [-0.2, -0.15) is 4.31 Å². The number of hydrogen-bond donors (Lipinski definition) is 0. The molecule has 0 amide bonds. The van der Waals surface area contributed by atoms with Gasteiger partial charge in [-0.3, -0.25) is 0 Å². The monoisotopic (exact) mass is 386 g/mol. The highest BCUT2D eigenvalue weighted by molar-refractivity contribution is 7.89. The molecule has 6 heteroatoms. The van der Waals surface area contributed by atoms with E-state index in [4.69, 9.17) is 4.74 Å². The van der Waals surface area contributed by atoms with E-state index in [1.165, 1.54) is 5.56 Å². The predicted octanol–water partition coefficient (Wildman–Crippen LogP) is 3.08. The van der Waals surface area contributed by atoms with E-state index in [9.17, 15) is 8.42 Å². The number of para-hydroxylation sites is 1. The summed E-state index contributed by atoms with van der Waals surface area (Å²) in [4.78, 5) is 2.55. The summed E-state index contributed by atoms with van der Waals surface area (Å²) in [6.45, 7) is 2.35. The van der Waals surface area contributed by atoms with E-state index in [0.29, 0.717) is 36.8 Å². The summed E-state index contributed by atoms with van der Waals surface area (Å²) in [5.41, 5.74) is 3.52. The molecule has 144 valence electrons. The summed E-state index contributed by atoms with van der Waals surface area (Å²) >= 11 is 0. The van der Waals surface area contributed by atoms with Crippen molar-refractivity contribution in [3.63, 3.8) is 0 Å². The molecule has 0 saturated carbocycles. The van der Waals surface area contributed by atoms with Gasteiger partial charge in [-0.15, -0.1) is 0 Å². The van der Waals surface area contributed by atoms with Crippen LogP contribution >= 0.6 is 0 Å². The molecule has 2 aliphatic rings. The number of ether oxygens (including phenoxy) is 1. The molecular formula is C21H26N2O3S. The summed E-state index contributed by atoms with van der Waals surface area (Å²) < 4.78 is 33.7. The Bertz CT molecular complexity index is 905. The Morgan fingerprint density at radius 1 is 0.889 bits per heavy atom. The van der Waals surface area contributed by atoms with Crippen LogP contribution in [0.4, 0.5) is 5.69 Å². The minimum absolute atomic E-state index is 0.318.